The molecule has 1 heterocycles. The molecule has 0 spiro atoms. The van der Waals surface area contributed by atoms with Gasteiger partial charge in [-0.25, -0.2) is 0 Å². The highest BCUT2D eigenvalue weighted by Gasteiger charge is 2.34. The molecular weight excluding hydrogens is 262 g/mol. The zero-order chi connectivity index (χ0) is 14.8. The minimum Gasteiger partial charge on any atom is -0.398 e. The van der Waals surface area contributed by atoms with Gasteiger partial charge in [-0.3, -0.25) is 9.78 Å². The molecule has 1 aromatic carbocycles. The van der Waals surface area contributed by atoms with Crippen LogP contribution >= 0.6 is 0 Å². The summed E-state index contributed by atoms with van der Waals surface area (Å²) in [5.41, 5.74) is 9.09. The zero-order valence-electron chi connectivity index (χ0n) is 12.1. The molecule has 4 nitrogen and oxygen atoms in total. The standard InChI is InChI=1S/C17H19N3O/c1-12-5-4-7-15(16(12)18)17(21)20(14-8-9-14)11-13-6-2-3-10-19-13/h2-7,10,14H,8-9,11,18H2,1H3. The molecule has 108 valence electrons. The molecule has 0 aliphatic heterocycles. The van der Waals surface area contributed by atoms with Crippen LogP contribution in [0.4, 0.5) is 5.69 Å². The lowest BCUT2D eigenvalue weighted by Crippen LogP contribution is -2.33. The average Bonchev–Trinajstić information content (AvgIpc) is 3.33. The molecule has 0 atom stereocenters. The number of para-hydroxylation sites is 1. The number of aromatic nitrogens is 1. The first-order chi connectivity index (χ1) is 10.2. The molecule has 2 N–H and O–H groups in total. The van der Waals surface area contributed by atoms with Crippen molar-refractivity contribution in [2.24, 2.45) is 0 Å². The minimum absolute atomic E-state index is 0.00403. The smallest absolute Gasteiger partial charge is 0.256 e. The van der Waals surface area contributed by atoms with Gasteiger partial charge < -0.3 is 10.6 Å². The van der Waals surface area contributed by atoms with E-state index in [9.17, 15) is 4.79 Å². The van der Waals surface area contributed by atoms with Gasteiger partial charge in [-0.2, -0.15) is 0 Å². The van der Waals surface area contributed by atoms with E-state index in [1.165, 1.54) is 0 Å². The summed E-state index contributed by atoms with van der Waals surface area (Å²) in [4.78, 5) is 19.0. The first kappa shape index (κ1) is 13.6. The molecule has 1 amide bonds. The van der Waals surface area contributed by atoms with Crippen LogP contribution in [0.5, 0.6) is 0 Å². The van der Waals surface area contributed by atoms with Crippen LogP contribution in [0.25, 0.3) is 0 Å². The van der Waals surface area contributed by atoms with Crippen LogP contribution in [0.15, 0.2) is 42.6 Å². The van der Waals surface area contributed by atoms with Crippen molar-refractivity contribution in [2.75, 3.05) is 5.73 Å². The monoisotopic (exact) mass is 281 g/mol. The zero-order valence-corrected chi connectivity index (χ0v) is 12.1. The van der Waals surface area contributed by atoms with Crippen molar-refractivity contribution in [1.82, 2.24) is 9.88 Å². The molecule has 1 aliphatic rings. The Morgan fingerprint density at radius 1 is 1.29 bits per heavy atom. The van der Waals surface area contributed by atoms with E-state index in [4.69, 9.17) is 5.73 Å². The van der Waals surface area contributed by atoms with Gasteiger partial charge in [0.05, 0.1) is 17.8 Å². The van der Waals surface area contributed by atoms with E-state index in [0.29, 0.717) is 23.8 Å². The quantitative estimate of drug-likeness (QED) is 0.877. The summed E-state index contributed by atoms with van der Waals surface area (Å²) in [6.07, 6.45) is 3.88. The van der Waals surface area contributed by atoms with Crippen LogP contribution < -0.4 is 5.73 Å². The van der Waals surface area contributed by atoms with Crippen molar-refractivity contribution in [3.05, 3.63) is 59.4 Å². The van der Waals surface area contributed by atoms with E-state index in [-0.39, 0.29) is 5.91 Å². The fraction of sp³-hybridized carbons (Fsp3) is 0.294. The number of aryl methyl sites for hydroxylation is 1. The summed E-state index contributed by atoms with van der Waals surface area (Å²) in [7, 11) is 0. The second kappa shape index (κ2) is 5.56. The molecule has 21 heavy (non-hydrogen) atoms. The molecule has 0 bridgehead atoms. The first-order valence-electron chi connectivity index (χ1n) is 7.23. The van der Waals surface area contributed by atoms with Gasteiger partial charge in [-0.1, -0.05) is 18.2 Å². The predicted octanol–water partition coefficient (Wildman–Crippen LogP) is 2.78. The summed E-state index contributed by atoms with van der Waals surface area (Å²) in [6.45, 7) is 2.46. The van der Waals surface area contributed by atoms with Gasteiger partial charge >= 0.3 is 0 Å². The van der Waals surface area contributed by atoms with Crippen LogP contribution in [0.3, 0.4) is 0 Å². The Hall–Kier alpha value is -2.36. The van der Waals surface area contributed by atoms with Gasteiger partial charge in [0.1, 0.15) is 0 Å². The summed E-state index contributed by atoms with van der Waals surface area (Å²) >= 11 is 0. The van der Waals surface area contributed by atoms with Crippen LogP contribution in [-0.4, -0.2) is 21.8 Å². The average molecular weight is 281 g/mol. The summed E-state index contributed by atoms with van der Waals surface area (Å²) in [5.74, 6) is 0.00403. The topological polar surface area (TPSA) is 59.2 Å². The fourth-order valence-corrected chi connectivity index (χ4v) is 2.44. The number of hydrogen-bond acceptors (Lipinski definition) is 3. The Balaban J connectivity index is 1.87. The normalized spacial score (nSPS) is 14.0. The van der Waals surface area contributed by atoms with Crippen LogP contribution in [0.2, 0.25) is 0 Å². The fourth-order valence-electron chi connectivity index (χ4n) is 2.44. The lowest BCUT2D eigenvalue weighted by molar-refractivity contribution is 0.0728. The molecular formula is C17H19N3O. The first-order valence-corrected chi connectivity index (χ1v) is 7.23. The number of rotatable bonds is 4. The van der Waals surface area contributed by atoms with E-state index >= 15 is 0 Å². The number of nitrogens with zero attached hydrogens (tertiary/aromatic N) is 2. The predicted molar refractivity (Wildman–Crippen MR) is 82.7 cm³/mol. The molecule has 4 heteroatoms. The number of pyridine rings is 1. The van der Waals surface area contributed by atoms with E-state index in [1.807, 2.05) is 42.2 Å². The summed E-state index contributed by atoms with van der Waals surface area (Å²) < 4.78 is 0. The number of anilines is 1. The molecule has 1 aliphatic carbocycles. The maximum Gasteiger partial charge on any atom is 0.256 e. The van der Waals surface area contributed by atoms with Gasteiger partial charge in [0.2, 0.25) is 0 Å². The van der Waals surface area contributed by atoms with Crippen molar-refractivity contribution in [1.29, 1.82) is 0 Å². The molecule has 0 radical (unpaired) electrons. The van der Waals surface area contributed by atoms with E-state index in [2.05, 4.69) is 4.98 Å². The van der Waals surface area contributed by atoms with Crippen molar-refractivity contribution >= 4 is 11.6 Å². The highest BCUT2D eigenvalue weighted by atomic mass is 16.2. The third kappa shape index (κ3) is 2.89. The number of benzene rings is 1. The lowest BCUT2D eigenvalue weighted by atomic mass is 10.1. The number of amides is 1. The van der Waals surface area contributed by atoms with Gasteiger partial charge in [-0.15, -0.1) is 0 Å². The maximum atomic E-state index is 12.8. The van der Waals surface area contributed by atoms with Crippen molar-refractivity contribution in [2.45, 2.75) is 32.4 Å². The molecule has 1 aromatic heterocycles. The third-order valence-electron chi connectivity index (χ3n) is 3.86. The Bertz CT molecular complexity index is 650. The van der Waals surface area contributed by atoms with Crippen molar-refractivity contribution in [3.63, 3.8) is 0 Å². The summed E-state index contributed by atoms with van der Waals surface area (Å²) in [6, 6.07) is 11.7. The number of nitrogens with two attached hydrogens (primary N) is 1. The van der Waals surface area contributed by atoms with Crippen molar-refractivity contribution < 1.29 is 4.79 Å². The molecule has 1 fully saturated rings. The van der Waals surface area contributed by atoms with Crippen LogP contribution in [0, 0.1) is 6.92 Å². The van der Waals surface area contributed by atoms with E-state index in [1.54, 1.807) is 12.3 Å². The second-order valence-electron chi connectivity index (χ2n) is 5.52. The van der Waals surface area contributed by atoms with E-state index in [0.717, 1.165) is 24.1 Å². The second-order valence-corrected chi connectivity index (χ2v) is 5.52. The molecule has 3 rings (SSSR count). The number of hydrogen-bond donors (Lipinski definition) is 1. The Labute approximate surface area is 124 Å². The highest BCUT2D eigenvalue weighted by Crippen LogP contribution is 2.31. The number of carbonyl (C=O) groups is 1. The van der Waals surface area contributed by atoms with Gasteiger partial charge in [0.25, 0.3) is 5.91 Å². The highest BCUT2D eigenvalue weighted by molar-refractivity contribution is 6.00. The largest absolute Gasteiger partial charge is 0.398 e. The Morgan fingerprint density at radius 3 is 2.76 bits per heavy atom. The van der Waals surface area contributed by atoms with Gasteiger partial charge in [0, 0.05) is 17.9 Å². The third-order valence-corrected chi connectivity index (χ3v) is 3.86. The van der Waals surface area contributed by atoms with Crippen LogP contribution in [0.1, 0.15) is 34.5 Å². The number of nitrogen functional groups attached to an aromatic ring is 1. The van der Waals surface area contributed by atoms with Gasteiger partial charge in [0.15, 0.2) is 0 Å². The van der Waals surface area contributed by atoms with Gasteiger partial charge in [-0.05, 0) is 43.5 Å². The maximum absolute atomic E-state index is 12.8. The SMILES string of the molecule is Cc1cccc(C(=O)N(Cc2ccccn2)C2CC2)c1N. The number of carbonyl (C=O) groups excluding carboxylic acids is 1. The molecule has 0 unspecified atom stereocenters. The summed E-state index contributed by atoms with van der Waals surface area (Å²) in [5, 5.41) is 0. The minimum atomic E-state index is 0.00403. The van der Waals surface area contributed by atoms with Crippen LogP contribution in [-0.2, 0) is 6.54 Å². The van der Waals surface area contributed by atoms with E-state index < -0.39 is 0 Å². The molecule has 1 saturated carbocycles. The lowest BCUT2D eigenvalue weighted by Gasteiger charge is -2.23. The Kier molecular flexibility index (Phi) is 3.60. The van der Waals surface area contributed by atoms with Crippen molar-refractivity contribution in [3.8, 4) is 0 Å². The Morgan fingerprint density at radius 2 is 2.10 bits per heavy atom. The molecule has 2 aromatic rings. The molecule has 0 saturated heterocycles.